The van der Waals surface area contributed by atoms with Crippen LogP contribution in [-0.2, 0) is 0 Å². The molecule has 3 heteroatoms. The molecule has 2 aromatic rings. The minimum absolute atomic E-state index is 0.109. The van der Waals surface area contributed by atoms with Crippen LogP contribution in [0.25, 0.3) is 0 Å². The number of hydrogen-bond donors (Lipinski definition) is 0. The minimum Gasteiger partial charge on any atom is -0.288 e. The van der Waals surface area contributed by atoms with Crippen LogP contribution < -0.4 is 0 Å². The summed E-state index contributed by atoms with van der Waals surface area (Å²) < 4.78 is 0. The van der Waals surface area contributed by atoms with Gasteiger partial charge in [0.25, 0.3) is 0 Å². The molecule has 1 nitrogen and oxygen atoms in total. The van der Waals surface area contributed by atoms with Crippen LogP contribution in [0.2, 0.25) is 0 Å². The van der Waals surface area contributed by atoms with Crippen molar-refractivity contribution >= 4 is 28.9 Å². The molecule has 1 aromatic carbocycles. The monoisotopic (exact) mass is 234 g/mol. The summed E-state index contributed by atoms with van der Waals surface area (Å²) in [7, 11) is 0. The van der Waals surface area contributed by atoms with Gasteiger partial charge in [0.1, 0.15) is 0 Å². The van der Waals surface area contributed by atoms with Crippen molar-refractivity contribution < 1.29 is 4.79 Å². The molecule has 76 valence electrons. The van der Waals surface area contributed by atoms with Crippen molar-refractivity contribution in [1.29, 1.82) is 0 Å². The number of hydrogen-bond acceptors (Lipinski definition) is 3. The van der Waals surface area contributed by atoms with Gasteiger partial charge in [-0.2, -0.15) is 0 Å². The summed E-state index contributed by atoms with van der Waals surface area (Å²) >= 11 is 3.16. The van der Waals surface area contributed by atoms with Crippen molar-refractivity contribution in [3.63, 3.8) is 0 Å². The lowest BCUT2D eigenvalue weighted by atomic mass is 10.1. The van der Waals surface area contributed by atoms with Crippen molar-refractivity contribution in [2.75, 3.05) is 6.26 Å². The maximum absolute atomic E-state index is 11.9. The Labute approximate surface area is 97.1 Å². The molecule has 1 aromatic heterocycles. The van der Waals surface area contributed by atoms with E-state index in [-0.39, 0.29) is 5.78 Å². The van der Waals surface area contributed by atoms with Crippen LogP contribution in [0, 0.1) is 0 Å². The first-order chi connectivity index (χ1) is 7.31. The molecule has 15 heavy (non-hydrogen) atoms. The van der Waals surface area contributed by atoms with E-state index >= 15 is 0 Å². The zero-order valence-electron chi connectivity index (χ0n) is 8.27. The van der Waals surface area contributed by atoms with E-state index in [0.717, 1.165) is 10.4 Å². The predicted molar refractivity (Wildman–Crippen MR) is 66.0 cm³/mol. The molecule has 0 aliphatic heterocycles. The van der Waals surface area contributed by atoms with Gasteiger partial charge in [0.15, 0.2) is 0 Å². The van der Waals surface area contributed by atoms with Crippen LogP contribution >= 0.6 is 23.1 Å². The van der Waals surface area contributed by atoms with Gasteiger partial charge in [0.05, 0.1) is 4.88 Å². The Morgan fingerprint density at radius 1 is 1.20 bits per heavy atom. The summed E-state index contributed by atoms with van der Waals surface area (Å²) in [6, 6.07) is 11.5. The molecule has 0 saturated carbocycles. The van der Waals surface area contributed by atoms with Gasteiger partial charge in [-0.05, 0) is 42.0 Å². The summed E-state index contributed by atoms with van der Waals surface area (Å²) in [4.78, 5) is 13.9. The Balaban J connectivity index is 2.27. The first kappa shape index (κ1) is 10.5. The fraction of sp³-hybridized carbons (Fsp3) is 0.0833. The Kier molecular flexibility index (Phi) is 3.23. The zero-order chi connectivity index (χ0) is 10.7. The van der Waals surface area contributed by atoms with E-state index in [1.807, 2.05) is 48.0 Å². The highest BCUT2D eigenvalue weighted by Gasteiger charge is 2.08. The van der Waals surface area contributed by atoms with E-state index < -0.39 is 0 Å². The molecule has 0 aliphatic carbocycles. The third kappa shape index (κ3) is 2.30. The summed E-state index contributed by atoms with van der Waals surface area (Å²) in [6.45, 7) is 0. The van der Waals surface area contributed by atoms with Crippen molar-refractivity contribution in [3.05, 3.63) is 52.2 Å². The summed E-state index contributed by atoms with van der Waals surface area (Å²) in [6.07, 6.45) is 2.02. The van der Waals surface area contributed by atoms with Gasteiger partial charge in [-0.3, -0.25) is 4.79 Å². The normalized spacial score (nSPS) is 10.2. The zero-order valence-corrected chi connectivity index (χ0v) is 9.90. The smallest absolute Gasteiger partial charge is 0.202 e. The van der Waals surface area contributed by atoms with Gasteiger partial charge in [-0.1, -0.05) is 6.07 Å². The van der Waals surface area contributed by atoms with Crippen molar-refractivity contribution in [2.24, 2.45) is 0 Å². The molecule has 0 saturated heterocycles. The van der Waals surface area contributed by atoms with Crippen LogP contribution in [0.15, 0.2) is 46.7 Å². The Morgan fingerprint density at radius 2 is 1.93 bits per heavy atom. The average Bonchev–Trinajstić information content (AvgIpc) is 2.82. The van der Waals surface area contributed by atoms with Gasteiger partial charge < -0.3 is 0 Å². The maximum Gasteiger partial charge on any atom is 0.202 e. The summed E-state index contributed by atoms with van der Waals surface area (Å²) in [5.41, 5.74) is 0.759. The third-order valence-electron chi connectivity index (χ3n) is 2.10. The molecule has 0 aliphatic rings. The van der Waals surface area contributed by atoms with Gasteiger partial charge in [-0.25, -0.2) is 0 Å². The Hall–Kier alpha value is -1.06. The van der Waals surface area contributed by atoms with E-state index in [0.29, 0.717) is 0 Å². The van der Waals surface area contributed by atoms with Gasteiger partial charge >= 0.3 is 0 Å². The van der Waals surface area contributed by atoms with E-state index in [9.17, 15) is 4.79 Å². The first-order valence-corrected chi connectivity index (χ1v) is 6.64. The number of ketones is 1. The molecule has 0 amide bonds. The second kappa shape index (κ2) is 4.64. The van der Waals surface area contributed by atoms with Crippen LogP contribution in [0.3, 0.4) is 0 Å². The van der Waals surface area contributed by atoms with E-state index in [2.05, 4.69) is 0 Å². The van der Waals surface area contributed by atoms with Gasteiger partial charge in [0.2, 0.25) is 5.78 Å². The average molecular weight is 234 g/mol. The van der Waals surface area contributed by atoms with Gasteiger partial charge in [-0.15, -0.1) is 23.1 Å². The van der Waals surface area contributed by atoms with E-state index in [4.69, 9.17) is 0 Å². The molecule has 2 rings (SSSR count). The lowest BCUT2D eigenvalue weighted by Crippen LogP contribution is -1.97. The standard InChI is InChI=1S/C12H10OS2/c1-14-10-6-4-9(5-7-10)12(13)11-3-2-8-15-11/h2-8H,1H3. The van der Waals surface area contributed by atoms with Gasteiger partial charge in [0, 0.05) is 10.5 Å². The molecule has 0 radical (unpaired) electrons. The van der Waals surface area contributed by atoms with Crippen LogP contribution in [0.1, 0.15) is 15.2 Å². The second-order valence-electron chi connectivity index (χ2n) is 3.03. The van der Waals surface area contributed by atoms with Crippen molar-refractivity contribution in [2.45, 2.75) is 4.90 Å². The molecule has 0 fully saturated rings. The van der Waals surface area contributed by atoms with E-state index in [1.54, 1.807) is 11.8 Å². The van der Waals surface area contributed by atoms with Crippen molar-refractivity contribution in [3.8, 4) is 0 Å². The number of carbonyl (C=O) groups excluding carboxylic acids is 1. The first-order valence-electron chi connectivity index (χ1n) is 4.53. The Bertz CT molecular complexity index is 443. The fourth-order valence-corrected chi connectivity index (χ4v) is 2.39. The van der Waals surface area contributed by atoms with Crippen LogP contribution in [0.4, 0.5) is 0 Å². The molecular formula is C12H10OS2. The van der Waals surface area contributed by atoms with Crippen molar-refractivity contribution in [1.82, 2.24) is 0 Å². The lowest BCUT2D eigenvalue weighted by Gasteiger charge is -1.99. The summed E-state index contributed by atoms with van der Waals surface area (Å²) in [5, 5.41) is 1.92. The predicted octanol–water partition coefficient (Wildman–Crippen LogP) is 3.70. The number of rotatable bonds is 3. The SMILES string of the molecule is CSc1ccc(C(=O)c2cccs2)cc1. The lowest BCUT2D eigenvalue weighted by molar-refractivity contribution is 0.104. The van der Waals surface area contributed by atoms with Crippen LogP contribution in [-0.4, -0.2) is 12.0 Å². The number of benzene rings is 1. The highest BCUT2D eigenvalue weighted by atomic mass is 32.2. The highest BCUT2D eigenvalue weighted by molar-refractivity contribution is 7.98. The molecule has 1 heterocycles. The minimum atomic E-state index is 0.109. The highest BCUT2D eigenvalue weighted by Crippen LogP contribution is 2.18. The number of carbonyl (C=O) groups is 1. The molecule has 0 spiro atoms. The molecule has 0 atom stereocenters. The quantitative estimate of drug-likeness (QED) is 0.595. The van der Waals surface area contributed by atoms with Crippen LogP contribution in [0.5, 0.6) is 0 Å². The topological polar surface area (TPSA) is 17.1 Å². The summed E-state index contributed by atoms with van der Waals surface area (Å²) in [5.74, 6) is 0.109. The molecule has 0 unspecified atom stereocenters. The number of thioether (sulfide) groups is 1. The molecular weight excluding hydrogens is 224 g/mol. The molecule has 0 bridgehead atoms. The third-order valence-corrected chi connectivity index (χ3v) is 3.71. The Morgan fingerprint density at radius 3 is 2.47 bits per heavy atom. The molecule has 0 N–H and O–H groups in total. The fourth-order valence-electron chi connectivity index (χ4n) is 1.29. The number of thiophene rings is 1. The maximum atomic E-state index is 11.9. The van der Waals surface area contributed by atoms with E-state index in [1.165, 1.54) is 16.2 Å². The largest absolute Gasteiger partial charge is 0.288 e. The second-order valence-corrected chi connectivity index (χ2v) is 4.86.